The summed E-state index contributed by atoms with van der Waals surface area (Å²) in [5.74, 6) is 2.61. The number of carbonyl (C=O) groups excluding carboxylic acids is 1. The number of hydrogen-bond donors (Lipinski definition) is 0. The van der Waals surface area contributed by atoms with Crippen LogP contribution in [0.4, 0.5) is 0 Å². The van der Waals surface area contributed by atoms with Gasteiger partial charge < -0.3 is 28.4 Å². The summed E-state index contributed by atoms with van der Waals surface area (Å²) in [4.78, 5) is 17.7. The van der Waals surface area contributed by atoms with Gasteiger partial charge in [-0.2, -0.15) is 0 Å². The van der Waals surface area contributed by atoms with Gasteiger partial charge in [-0.25, -0.2) is 4.98 Å². The highest BCUT2D eigenvalue weighted by molar-refractivity contribution is 6.07. The second-order valence-electron chi connectivity index (χ2n) is 8.10. The molecule has 3 aromatic carbocycles. The molecule has 0 aliphatic heterocycles. The molecule has 0 spiro atoms. The van der Waals surface area contributed by atoms with Gasteiger partial charge in [-0.15, -0.1) is 0 Å². The molecule has 0 saturated heterocycles. The Morgan fingerprint density at radius 1 is 0.737 bits per heavy atom. The highest BCUT2D eigenvalue weighted by atomic mass is 16.5. The van der Waals surface area contributed by atoms with Gasteiger partial charge in [0.2, 0.25) is 11.5 Å². The molecule has 38 heavy (non-hydrogen) atoms. The lowest BCUT2D eigenvalue weighted by Crippen LogP contribution is -2.02. The van der Waals surface area contributed by atoms with Crippen LogP contribution >= 0.6 is 0 Å². The maximum atomic E-state index is 13.2. The van der Waals surface area contributed by atoms with Crippen LogP contribution in [0.5, 0.6) is 34.5 Å². The van der Waals surface area contributed by atoms with Crippen molar-refractivity contribution in [1.29, 1.82) is 0 Å². The van der Waals surface area contributed by atoms with E-state index in [2.05, 4.69) is 4.98 Å². The van der Waals surface area contributed by atoms with Gasteiger partial charge in [-0.3, -0.25) is 4.79 Å². The maximum absolute atomic E-state index is 13.2. The number of aromatic nitrogens is 1. The summed E-state index contributed by atoms with van der Waals surface area (Å²) in [6.45, 7) is 0.316. The number of ketones is 1. The number of nitrogens with zero attached hydrogens (tertiary/aromatic N) is 1. The molecule has 1 heterocycles. The van der Waals surface area contributed by atoms with Crippen molar-refractivity contribution in [3.8, 4) is 34.5 Å². The SMILES string of the molecule is COc1ccc(/C=C/C(=O)c2ccc3c(OC)c(OC)cc(OC)c3n2)c(OCc2ccccc2)c1OC. The van der Waals surface area contributed by atoms with E-state index < -0.39 is 0 Å². The highest BCUT2D eigenvalue weighted by Gasteiger charge is 2.18. The monoisotopic (exact) mass is 515 g/mol. The van der Waals surface area contributed by atoms with Crippen molar-refractivity contribution in [2.24, 2.45) is 0 Å². The topological polar surface area (TPSA) is 85.3 Å². The molecule has 1 aromatic heterocycles. The van der Waals surface area contributed by atoms with Gasteiger partial charge in [0.05, 0.1) is 40.9 Å². The van der Waals surface area contributed by atoms with Gasteiger partial charge in [0.1, 0.15) is 23.6 Å². The van der Waals surface area contributed by atoms with Crippen LogP contribution in [0.1, 0.15) is 21.6 Å². The summed E-state index contributed by atoms with van der Waals surface area (Å²) < 4.78 is 33.6. The van der Waals surface area contributed by atoms with Crippen LogP contribution in [-0.4, -0.2) is 46.3 Å². The fourth-order valence-corrected chi connectivity index (χ4v) is 4.05. The van der Waals surface area contributed by atoms with Crippen molar-refractivity contribution in [2.75, 3.05) is 35.5 Å². The van der Waals surface area contributed by atoms with E-state index in [0.717, 1.165) is 5.56 Å². The third-order valence-electron chi connectivity index (χ3n) is 5.93. The number of ether oxygens (including phenoxy) is 6. The molecule has 0 amide bonds. The van der Waals surface area contributed by atoms with Gasteiger partial charge in [0, 0.05) is 11.6 Å². The van der Waals surface area contributed by atoms with Gasteiger partial charge in [-0.1, -0.05) is 30.3 Å². The third kappa shape index (κ3) is 5.34. The molecular weight excluding hydrogens is 486 g/mol. The molecular formula is C30H29NO7. The van der Waals surface area contributed by atoms with Crippen LogP contribution < -0.4 is 28.4 Å². The fourth-order valence-electron chi connectivity index (χ4n) is 4.05. The Hall–Kier alpha value is -4.72. The summed E-state index contributed by atoms with van der Waals surface area (Å²) in [6, 6.07) is 18.4. The van der Waals surface area contributed by atoms with Gasteiger partial charge in [-0.05, 0) is 42.0 Å². The first-order valence-electron chi connectivity index (χ1n) is 11.8. The second kappa shape index (κ2) is 12.0. The van der Waals surface area contributed by atoms with Crippen LogP contribution in [0, 0.1) is 0 Å². The molecule has 0 unspecified atom stereocenters. The van der Waals surface area contributed by atoms with E-state index in [4.69, 9.17) is 28.4 Å². The number of methoxy groups -OCH3 is 5. The van der Waals surface area contributed by atoms with Crippen LogP contribution in [0.2, 0.25) is 0 Å². The average molecular weight is 516 g/mol. The van der Waals surface area contributed by atoms with Crippen molar-refractivity contribution < 1.29 is 33.2 Å². The predicted molar refractivity (Wildman–Crippen MR) is 145 cm³/mol. The normalized spacial score (nSPS) is 10.9. The second-order valence-corrected chi connectivity index (χ2v) is 8.10. The molecule has 0 fully saturated rings. The Kier molecular flexibility index (Phi) is 8.33. The quantitative estimate of drug-likeness (QED) is 0.184. The zero-order chi connectivity index (χ0) is 27.1. The van der Waals surface area contributed by atoms with E-state index in [0.29, 0.717) is 57.6 Å². The van der Waals surface area contributed by atoms with Crippen LogP contribution in [0.25, 0.3) is 17.0 Å². The molecule has 0 N–H and O–H groups in total. The number of benzene rings is 3. The molecule has 0 atom stereocenters. The maximum Gasteiger partial charge on any atom is 0.204 e. The number of fused-ring (bicyclic) bond motifs is 1. The van der Waals surface area contributed by atoms with E-state index in [1.165, 1.54) is 13.2 Å². The number of rotatable bonds is 11. The first kappa shape index (κ1) is 26.3. The van der Waals surface area contributed by atoms with Gasteiger partial charge in [0.15, 0.2) is 23.0 Å². The zero-order valence-electron chi connectivity index (χ0n) is 21.9. The highest BCUT2D eigenvalue weighted by Crippen LogP contribution is 2.42. The lowest BCUT2D eigenvalue weighted by atomic mass is 10.1. The Morgan fingerprint density at radius 2 is 1.45 bits per heavy atom. The van der Waals surface area contributed by atoms with Gasteiger partial charge in [0.25, 0.3) is 0 Å². The molecule has 8 heteroatoms. The van der Waals surface area contributed by atoms with Crippen LogP contribution in [0.3, 0.4) is 0 Å². The van der Waals surface area contributed by atoms with Crippen LogP contribution in [-0.2, 0) is 6.61 Å². The van der Waals surface area contributed by atoms with Crippen molar-refractivity contribution in [1.82, 2.24) is 4.98 Å². The zero-order valence-corrected chi connectivity index (χ0v) is 21.9. The number of allylic oxidation sites excluding steroid dienone is 1. The predicted octanol–water partition coefficient (Wildman–Crippen LogP) is 5.75. The molecule has 0 aliphatic rings. The molecule has 0 aliphatic carbocycles. The molecule has 0 radical (unpaired) electrons. The van der Waals surface area contributed by atoms with E-state index in [1.807, 2.05) is 30.3 Å². The van der Waals surface area contributed by atoms with Crippen molar-refractivity contribution >= 4 is 22.8 Å². The third-order valence-corrected chi connectivity index (χ3v) is 5.93. The largest absolute Gasteiger partial charge is 0.494 e. The molecule has 8 nitrogen and oxygen atoms in total. The standard InChI is InChI=1S/C30H29NO7/c1-33-24-16-12-20(28(30(24)37-5)38-18-19-9-7-6-8-10-19)11-15-23(32)22-14-13-21-27(31-22)25(34-2)17-26(35-3)29(21)36-4/h6-17H,18H2,1-5H3/b15-11+. The summed E-state index contributed by atoms with van der Waals surface area (Å²) in [6.07, 6.45) is 3.11. The summed E-state index contributed by atoms with van der Waals surface area (Å²) >= 11 is 0. The summed E-state index contributed by atoms with van der Waals surface area (Å²) in [7, 11) is 7.73. The summed E-state index contributed by atoms with van der Waals surface area (Å²) in [5.41, 5.74) is 2.37. The molecule has 0 bridgehead atoms. The first-order chi connectivity index (χ1) is 18.5. The molecule has 4 rings (SSSR count). The Morgan fingerprint density at radius 3 is 2.11 bits per heavy atom. The molecule has 4 aromatic rings. The Bertz CT molecular complexity index is 1470. The van der Waals surface area contributed by atoms with E-state index in [9.17, 15) is 4.79 Å². The molecule has 0 saturated carbocycles. The minimum atomic E-state index is -0.299. The van der Waals surface area contributed by atoms with Crippen molar-refractivity contribution in [2.45, 2.75) is 6.61 Å². The number of carbonyl (C=O) groups is 1. The smallest absolute Gasteiger partial charge is 0.204 e. The van der Waals surface area contributed by atoms with Crippen molar-refractivity contribution in [3.05, 3.63) is 83.6 Å². The van der Waals surface area contributed by atoms with Gasteiger partial charge >= 0.3 is 0 Å². The molecule has 196 valence electrons. The first-order valence-corrected chi connectivity index (χ1v) is 11.8. The van der Waals surface area contributed by atoms with E-state index in [-0.39, 0.29) is 11.5 Å². The average Bonchev–Trinajstić information content (AvgIpc) is 2.97. The van der Waals surface area contributed by atoms with E-state index in [1.54, 1.807) is 64.8 Å². The van der Waals surface area contributed by atoms with Crippen molar-refractivity contribution in [3.63, 3.8) is 0 Å². The fraction of sp³-hybridized carbons (Fsp3) is 0.200. The van der Waals surface area contributed by atoms with E-state index >= 15 is 0 Å². The lowest BCUT2D eigenvalue weighted by molar-refractivity contribution is 0.104. The Labute approximate surface area is 221 Å². The number of pyridine rings is 1. The number of hydrogen-bond acceptors (Lipinski definition) is 8. The van der Waals surface area contributed by atoms with Crippen LogP contribution in [0.15, 0.2) is 66.7 Å². The summed E-state index contributed by atoms with van der Waals surface area (Å²) in [5, 5.41) is 0.667. The Balaban J connectivity index is 1.69. The lowest BCUT2D eigenvalue weighted by Gasteiger charge is -2.16. The minimum absolute atomic E-state index is 0.242. The minimum Gasteiger partial charge on any atom is -0.494 e.